The Bertz CT molecular complexity index is 1700. The first kappa shape index (κ1) is 24.0. The molecule has 0 radical (unpaired) electrons. The molecule has 0 bridgehead atoms. The molecule has 41 heavy (non-hydrogen) atoms. The lowest BCUT2D eigenvalue weighted by molar-refractivity contribution is 0.0622. The Labute approximate surface area is 243 Å². The van der Waals surface area contributed by atoms with Gasteiger partial charge in [-0.05, 0) is 83.1 Å². The van der Waals surface area contributed by atoms with Crippen LogP contribution in [0.3, 0.4) is 0 Å². The Balaban J connectivity index is 1.17. The van der Waals surface area contributed by atoms with Crippen molar-refractivity contribution in [2.75, 3.05) is 0 Å². The van der Waals surface area contributed by atoms with Crippen LogP contribution in [0.15, 0.2) is 131 Å². The fourth-order valence-corrected chi connectivity index (χ4v) is 9.03. The Hall–Kier alpha value is -3.68. The third-order valence-electron chi connectivity index (χ3n) is 10.8. The molecular formula is C40H36O. The van der Waals surface area contributed by atoms with Crippen LogP contribution < -0.4 is 0 Å². The molecule has 1 saturated heterocycles. The van der Waals surface area contributed by atoms with Crippen molar-refractivity contribution in [1.29, 1.82) is 0 Å². The number of hydrogen-bond donors (Lipinski definition) is 0. The molecule has 1 heterocycles. The van der Waals surface area contributed by atoms with Gasteiger partial charge >= 0.3 is 0 Å². The number of allylic oxidation sites excluding steroid dienone is 12. The van der Waals surface area contributed by atoms with Gasteiger partial charge in [-0.3, -0.25) is 0 Å². The molecule has 6 unspecified atom stereocenters. The molecule has 0 N–H and O–H groups in total. The summed E-state index contributed by atoms with van der Waals surface area (Å²) < 4.78 is 6.69. The van der Waals surface area contributed by atoms with Crippen molar-refractivity contribution in [3.63, 3.8) is 0 Å². The lowest BCUT2D eigenvalue weighted by Crippen LogP contribution is -2.28. The van der Waals surface area contributed by atoms with Gasteiger partial charge in [0.1, 0.15) is 0 Å². The number of aryl methyl sites for hydroxylation is 1. The van der Waals surface area contributed by atoms with Crippen LogP contribution in [0.25, 0.3) is 11.6 Å². The van der Waals surface area contributed by atoms with Crippen LogP contribution in [0.2, 0.25) is 0 Å². The summed E-state index contributed by atoms with van der Waals surface area (Å²) in [6.45, 7) is 0. The van der Waals surface area contributed by atoms with Gasteiger partial charge in [0.05, 0.1) is 12.2 Å². The molecule has 1 heteroatoms. The zero-order chi connectivity index (χ0) is 26.9. The average Bonchev–Trinajstić information content (AvgIpc) is 3.42. The van der Waals surface area contributed by atoms with Crippen molar-refractivity contribution >= 4 is 11.6 Å². The van der Waals surface area contributed by atoms with Crippen molar-refractivity contribution in [2.45, 2.75) is 56.7 Å². The van der Waals surface area contributed by atoms with Crippen LogP contribution in [-0.4, -0.2) is 12.2 Å². The molecule has 2 aromatic carbocycles. The number of fused-ring (bicyclic) bond motifs is 7. The third kappa shape index (κ3) is 3.71. The van der Waals surface area contributed by atoms with E-state index < -0.39 is 0 Å². The molecule has 2 aromatic rings. The number of benzene rings is 2. The summed E-state index contributed by atoms with van der Waals surface area (Å²) in [5.41, 5.74) is 15.2. The van der Waals surface area contributed by atoms with E-state index in [0.29, 0.717) is 23.7 Å². The van der Waals surface area contributed by atoms with Crippen LogP contribution in [0, 0.1) is 17.8 Å². The first-order valence-corrected chi connectivity index (χ1v) is 15.7. The van der Waals surface area contributed by atoms with Gasteiger partial charge in [0.2, 0.25) is 0 Å². The molecule has 0 amide bonds. The SMILES string of the molecule is C1=CC2=C(C3C=C4C(CC3)OC3C=CC5=C(CCC=C5)C43)c3ccccc3C(C3=Cc4ccccc4CC3)C2C=C1. The van der Waals surface area contributed by atoms with Gasteiger partial charge in [-0.25, -0.2) is 0 Å². The molecule has 7 aliphatic rings. The first-order valence-electron chi connectivity index (χ1n) is 15.7. The Morgan fingerprint density at radius 3 is 2.71 bits per heavy atom. The van der Waals surface area contributed by atoms with Crippen LogP contribution in [0.5, 0.6) is 0 Å². The molecule has 1 nitrogen and oxygen atoms in total. The highest BCUT2D eigenvalue weighted by atomic mass is 16.5. The van der Waals surface area contributed by atoms with Crippen LogP contribution in [0.1, 0.15) is 60.3 Å². The summed E-state index contributed by atoms with van der Waals surface area (Å²) in [4.78, 5) is 0. The molecule has 6 atom stereocenters. The topological polar surface area (TPSA) is 9.23 Å². The predicted octanol–water partition coefficient (Wildman–Crippen LogP) is 9.25. The van der Waals surface area contributed by atoms with Crippen LogP contribution in [0.4, 0.5) is 0 Å². The zero-order valence-electron chi connectivity index (χ0n) is 23.5. The van der Waals surface area contributed by atoms with E-state index in [4.69, 9.17) is 4.74 Å². The lowest BCUT2D eigenvalue weighted by Gasteiger charge is -2.41. The number of rotatable bonds is 2. The van der Waals surface area contributed by atoms with Gasteiger partial charge in [0.15, 0.2) is 0 Å². The highest BCUT2D eigenvalue weighted by molar-refractivity contribution is 5.82. The van der Waals surface area contributed by atoms with Crippen molar-refractivity contribution in [2.24, 2.45) is 17.8 Å². The summed E-state index contributed by atoms with van der Waals surface area (Å²) >= 11 is 0. The second-order valence-electron chi connectivity index (χ2n) is 12.8. The maximum atomic E-state index is 6.69. The number of ether oxygens (including phenoxy) is 1. The molecule has 1 aliphatic heterocycles. The van der Waals surface area contributed by atoms with Gasteiger partial charge in [0.25, 0.3) is 0 Å². The monoisotopic (exact) mass is 532 g/mol. The average molecular weight is 533 g/mol. The van der Waals surface area contributed by atoms with E-state index in [9.17, 15) is 0 Å². The van der Waals surface area contributed by atoms with Gasteiger partial charge in [-0.15, -0.1) is 0 Å². The van der Waals surface area contributed by atoms with Gasteiger partial charge < -0.3 is 4.74 Å². The van der Waals surface area contributed by atoms with Crippen LogP contribution in [-0.2, 0) is 11.2 Å². The van der Waals surface area contributed by atoms with E-state index in [0.717, 1.165) is 32.1 Å². The fourth-order valence-electron chi connectivity index (χ4n) is 9.03. The summed E-state index contributed by atoms with van der Waals surface area (Å²) in [5.74, 6) is 1.64. The minimum atomic E-state index is 0.210. The highest BCUT2D eigenvalue weighted by Crippen LogP contribution is 2.55. The first-order chi connectivity index (χ1) is 20.3. The fraction of sp³-hybridized carbons (Fsp3) is 0.300. The second kappa shape index (κ2) is 9.43. The summed E-state index contributed by atoms with van der Waals surface area (Å²) in [6.07, 6.45) is 31.3. The Kier molecular flexibility index (Phi) is 5.51. The smallest absolute Gasteiger partial charge is 0.0871 e. The van der Waals surface area contributed by atoms with E-state index in [-0.39, 0.29) is 12.2 Å². The molecule has 6 aliphatic carbocycles. The van der Waals surface area contributed by atoms with Crippen molar-refractivity contribution in [3.05, 3.63) is 153 Å². The van der Waals surface area contributed by atoms with E-state index in [1.807, 2.05) is 0 Å². The molecular weight excluding hydrogens is 496 g/mol. The van der Waals surface area contributed by atoms with Crippen molar-refractivity contribution in [3.8, 4) is 0 Å². The normalized spacial score (nSPS) is 32.4. The maximum absolute atomic E-state index is 6.69. The van der Waals surface area contributed by atoms with Crippen molar-refractivity contribution < 1.29 is 4.74 Å². The third-order valence-corrected chi connectivity index (χ3v) is 10.8. The highest BCUT2D eigenvalue weighted by Gasteiger charge is 2.46. The molecule has 0 spiro atoms. The minimum Gasteiger partial charge on any atom is -0.366 e. The van der Waals surface area contributed by atoms with Gasteiger partial charge in [-0.2, -0.15) is 0 Å². The zero-order valence-corrected chi connectivity index (χ0v) is 23.5. The van der Waals surface area contributed by atoms with Gasteiger partial charge in [0, 0.05) is 23.7 Å². The Morgan fingerprint density at radius 1 is 0.780 bits per heavy atom. The molecule has 202 valence electrons. The van der Waals surface area contributed by atoms with E-state index in [1.165, 1.54) is 39.8 Å². The van der Waals surface area contributed by atoms with Crippen molar-refractivity contribution in [1.82, 2.24) is 0 Å². The summed E-state index contributed by atoms with van der Waals surface area (Å²) in [6, 6.07) is 18.3. The van der Waals surface area contributed by atoms with Crippen LogP contribution >= 0.6 is 0 Å². The molecule has 0 saturated carbocycles. The standard InChI is InChI=1S/C40H36O/c1-2-11-27-23-28(18-17-25(27)9-1)38-31-13-5-7-15-33(31)39(34-16-8-6-14-32(34)38)29-20-21-36-35(24-29)40-30-12-4-3-10-26(30)19-22-37(40)41-36/h1-3,5-11,13-16,19,22-24,29,31,36-38,40H,4,12,17-18,20-21H2. The predicted molar refractivity (Wildman–Crippen MR) is 168 cm³/mol. The Morgan fingerprint density at radius 2 is 1.71 bits per heavy atom. The van der Waals surface area contributed by atoms with E-state index in [1.54, 1.807) is 22.3 Å². The molecule has 0 aromatic heterocycles. The minimum absolute atomic E-state index is 0.210. The quantitative estimate of drug-likeness (QED) is 0.350. The maximum Gasteiger partial charge on any atom is 0.0871 e. The molecule has 9 rings (SSSR count). The number of hydrogen-bond acceptors (Lipinski definition) is 1. The lowest BCUT2D eigenvalue weighted by atomic mass is 9.62. The summed E-state index contributed by atoms with van der Waals surface area (Å²) in [5, 5.41) is 0. The van der Waals surface area contributed by atoms with E-state index in [2.05, 4.69) is 109 Å². The van der Waals surface area contributed by atoms with E-state index >= 15 is 0 Å². The molecule has 1 fully saturated rings. The second-order valence-corrected chi connectivity index (χ2v) is 12.8. The van der Waals surface area contributed by atoms with Gasteiger partial charge in [-0.1, -0.05) is 120 Å². The summed E-state index contributed by atoms with van der Waals surface area (Å²) in [7, 11) is 0. The largest absolute Gasteiger partial charge is 0.366 e.